The molecule has 0 aliphatic carbocycles. The number of carbonyl (C=O) groups excluding carboxylic acids is 1. The first-order chi connectivity index (χ1) is 14.1. The molecule has 4 heterocycles. The fraction of sp³-hybridized carbons (Fsp3) is 0.421. The lowest BCUT2D eigenvalue weighted by atomic mass is 9.84. The van der Waals surface area contributed by atoms with Crippen molar-refractivity contribution in [2.75, 3.05) is 11.6 Å². The van der Waals surface area contributed by atoms with Gasteiger partial charge in [-0.25, -0.2) is 17.6 Å². The molecule has 1 saturated heterocycles. The monoisotopic (exact) mass is 426 g/mol. The summed E-state index contributed by atoms with van der Waals surface area (Å²) in [6.45, 7) is 0.662. The van der Waals surface area contributed by atoms with E-state index in [-0.39, 0.29) is 5.69 Å². The van der Waals surface area contributed by atoms with Gasteiger partial charge in [-0.05, 0) is 26.2 Å². The van der Waals surface area contributed by atoms with Crippen LogP contribution in [0.2, 0.25) is 0 Å². The third-order valence-corrected chi connectivity index (χ3v) is 5.68. The van der Waals surface area contributed by atoms with Crippen LogP contribution in [0, 0.1) is 11.6 Å². The van der Waals surface area contributed by atoms with E-state index < -0.39 is 59.1 Å². The maximum absolute atomic E-state index is 14.7. The summed E-state index contributed by atoms with van der Waals surface area (Å²) in [5.41, 5.74) is -2.76. The number of hydrogen-bond acceptors (Lipinski definition) is 5. The van der Waals surface area contributed by atoms with Crippen LogP contribution < -0.4 is 10.4 Å². The molecule has 0 spiro atoms. The quantitative estimate of drug-likeness (QED) is 0.763. The highest BCUT2D eigenvalue weighted by Crippen LogP contribution is 2.43. The summed E-state index contributed by atoms with van der Waals surface area (Å²) in [4.78, 5) is 29.7. The number of aromatic nitrogens is 2. The maximum atomic E-state index is 14.7. The van der Waals surface area contributed by atoms with Crippen LogP contribution in [0.1, 0.15) is 42.4 Å². The standard InChI is InChI=1S/C19H18F4N4O3/c1-19(17-11(21)7-10(20)8-24-17)5-2-3-14-25(9-13(22)23)18(30)15-16(29)12(28)4-6-26(15)27(14)19/h4,6-8,13-14,29H,2-3,5,9H2,1H3. The number of rotatable bonds is 3. The Morgan fingerprint density at radius 1 is 1.33 bits per heavy atom. The van der Waals surface area contributed by atoms with Gasteiger partial charge in [0.2, 0.25) is 5.43 Å². The number of nitrogens with zero attached hydrogens (tertiary/aromatic N) is 4. The number of alkyl halides is 2. The van der Waals surface area contributed by atoms with Gasteiger partial charge in [-0.1, -0.05) is 0 Å². The number of aromatic hydroxyl groups is 1. The molecule has 2 aromatic heterocycles. The average molecular weight is 426 g/mol. The Labute approximate surface area is 168 Å². The predicted molar refractivity (Wildman–Crippen MR) is 96.8 cm³/mol. The van der Waals surface area contributed by atoms with Crippen molar-refractivity contribution in [2.24, 2.45) is 0 Å². The molecule has 0 aromatic carbocycles. The zero-order chi connectivity index (χ0) is 21.8. The van der Waals surface area contributed by atoms with E-state index in [1.807, 2.05) is 0 Å². The minimum Gasteiger partial charge on any atom is -0.502 e. The van der Waals surface area contributed by atoms with E-state index in [4.69, 9.17) is 0 Å². The number of halogens is 4. The van der Waals surface area contributed by atoms with Crippen molar-refractivity contribution in [3.63, 3.8) is 0 Å². The molecule has 1 fully saturated rings. The van der Waals surface area contributed by atoms with Crippen molar-refractivity contribution in [1.82, 2.24) is 14.6 Å². The van der Waals surface area contributed by atoms with Gasteiger partial charge in [0.1, 0.15) is 29.0 Å². The number of fused-ring (bicyclic) bond motifs is 3. The molecule has 160 valence electrons. The minimum atomic E-state index is -2.87. The molecule has 1 amide bonds. The largest absolute Gasteiger partial charge is 0.502 e. The van der Waals surface area contributed by atoms with Crippen LogP contribution in [-0.2, 0) is 5.54 Å². The van der Waals surface area contributed by atoms with E-state index >= 15 is 0 Å². The SMILES string of the molecule is CC1(c2ncc(F)cc2F)CCCC2N(CC(F)F)C(=O)c3c(O)c(=O)ccn3N21. The van der Waals surface area contributed by atoms with Gasteiger partial charge >= 0.3 is 0 Å². The van der Waals surface area contributed by atoms with Crippen LogP contribution in [-0.4, -0.2) is 44.7 Å². The molecule has 30 heavy (non-hydrogen) atoms. The molecule has 2 aromatic rings. The summed E-state index contributed by atoms with van der Waals surface area (Å²) in [5, 5.41) is 11.7. The van der Waals surface area contributed by atoms with Crippen LogP contribution in [0.15, 0.2) is 29.3 Å². The fourth-order valence-electron chi connectivity index (χ4n) is 4.42. The first kappa shape index (κ1) is 20.2. The molecule has 2 unspecified atom stereocenters. The molecule has 2 aliphatic rings. The van der Waals surface area contributed by atoms with E-state index in [9.17, 15) is 32.3 Å². The van der Waals surface area contributed by atoms with Crippen molar-refractivity contribution in [3.05, 3.63) is 57.8 Å². The normalized spacial score (nSPS) is 23.5. The Bertz CT molecular complexity index is 1080. The second kappa shape index (κ2) is 6.99. The van der Waals surface area contributed by atoms with Crippen LogP contribution in [0.4, 0.5) is 17.6 Å². The third-order valence-electron chi connectivity index (χ3n) is 5.68. The first-order valence-corrected chi connectivity index (χ1v) is 9.30. The lowest BCUT2D eigenvalue weighted by Gasteiger charge is -2.56. The number of piperidine rings is 1. The van der Waals surface area contributed by atoms with Crippen LogP contribution in [0.5, 0.6) is 5.75 Å². The van der Waals surface area contributed by atoms with Gasteiger partial charge in [-0.15, -0.1) is 0 Å². The predicted octanol–water partition coefficient (Wildman–Crippen LogP) is 2.31. The first-order valence-electron chi connectivity index (χ1n) is 9.30. The van der Waals surface area contributed by atoms with Crippen LogP contribution in [0.3, 0.4) is 0 Å². The minimum absolute atomic E-state index is 0.135. The Balaban J connectivity index is 1.97. The molecule has 0 saturated carbocycles. The highest BCUT2D eigenvalue weighted by atomic mass is 19.3. The summed E-state index contributed by atoms with van der Waals surface area (Å²) in [7, 11) is 0. The smallest absolute Gasteiger partial charge is 0.278 e. The van der Waals surface area contributed by atoms with Crippen molar-refractivity contribution < 1.29 is 27.5 Å². The molecular formula is C19H18F4N4O3. The second-order valence-electron chi connectivity index (χ2n) is 7.55. The van der Waals surface area contributed by atoms with Gasteiger partial charge in [0.15, 0.2) is 11.4 Å². The summed E-state index contributed by atoms with van der Waals surface area (Å²) in [6.07, 6.45) is -0.647. The Kier molecular flexibility index (Phi) is 4.70. The number of pyridine rings is 2. The van der Waals surface area contributed by atoms with E-state index in [0.29, 0.717) is 25.3 Å². The van der Waals surface area contributed by atoms with Gasteiger partial charge in [-0.3, -0.25) is 24.3 Å². The van der Waals surface area contributed by atoms with E-state index in [0.717, 1.165) is 17.2 Å². The zero-order valence-electron chi connectivity index (χ0n) is 15.9. The molecule has 11 heteroatoms. The van der Waals surface area contributed by atoms with E-state index in [2.05, 4.69) is 4.98 Å². The van der Waals surface area contributed by atoms with Gasteiger partial charge in [-0.2, -0.15) is 0 Å². The molecule has 2 aliphatic heterocycles. The average Bonchev–Trinajstić information content (AvgIpc) is 2.67. The maximum Gasteiger partial charge on any atom is 0.278 e. The van der Waals surface area contributed by atoms with Crippen LogP contribution >= 0.6 is 0 Å². The van der Waals surface area contributed by atoms with Gasteiger partial charge in [0.05, 0.1) is 12.7 Å². The highest BCUT2D eigenvalue weighted by molar-refractivity contribution is 5.96. The second-order valence-corrected chi connectivity index (χ2v) is 7.55. The number of amides is 1. The lowest BCUT2D eigenvalue weighted by Crippen LogP contribution is -2.69. The zero-order valence-corrected chi connectivity index (χ0v) is 15.9. The molecule has 2 atom stereocenters. The summed E-state index contributed by atoms with van der Waals surface area (Å²) >= 11 is 0. The van der Waals surface area contributed by atoms with Gasteiger partial charge in [0, 0.05) is 18.3 Å². The van der Waals surface area contributed by atoms with Gasteiger partial charge in [0.25, 0.3) is 12.3 Å². The lowest BCUT2D eigenvalue weighted by molar-refractivity contribution is 0.0129. The molecule has 7 nitrogen and oxygen atoms in total. The fourth-order valence-corrected chi connectivity index (χ4v) is 4.42. The molecule has 0 radical (unpaired) electrons. The highest BCUT2D eigenvalue weighted by Gasteiger charge is 2.51. The summed E-state index contributed by atoms with van der Waals surface area (Å²) < 4.78 is 55.9. The van der Waals surface area contributed by atoms with Crippen LogP contribution in [0.25, 0.3) is 0 Å². The van der Waals surface area contributed by atoms with Gasteiger partial charge < -0.3 is 10.0 Å². The summed E-state index contributed by atoms with van der Waals surface area (Å²) in [6, 6.07) is 1.70. The van der Waals surface area contributed by atoms with Crippen molar-refractivity contribution in [1.29, 1.82) is 0 Å². The summed E-state index contributed by atoms with van der Waals surface area (Å²) in [5.74, 6) is -3.62. The molecule has 1 N–H and O–H groups in total. The van der Waals surface area contributed by atoms with E-state index in [1.165, 1.54) is 15.9 Å². The Morgan fingerprint density at radius 2 is 2.07 bits per heavy atom. The van der Waals surface area contributed by atoms with Crippen molar-refractivity contribution >= 4 is 5.91 Å². The Hall–Kier alpha value is -3.11. The number of hydrogen-bond donors (Lipinski definition) is 1. The van der Waals surface area contributed by atoms with Crippen molar-refractivity contribution in [2.45, 2.75) is 44.3 Å². The van der Waals surface area contributed by atoms with E-state index in [1.54, 1.807) is 6.92 Å². The van der Waals surface area contributed by atoms with Crippen molar-refractivity contribution in [3.8, 4) is 5.75 Å². The molecular weight excluding hydrogens is 408 g/mol. The Morgan fingerprint density at radius 3 is 2.73 bits per heavy atom. The third kappa shape index (κ3) is 2.91. The molecule has 0 bridgehead atoms. The topological polar surface area (TPSA) is 78.7 Å². The molecule has 4 rings (SSSR count). The number of carbonyl (C=O) groups is 1.